The molecule has 0 heterocycles. The summed E-state index contributed by atoms with van der Waals surface area (Å²) in [5.41, 5.74) is 7.66. The van der Waals surface area contributed by atoms with Crippen molar-refractivity contribution < 1.29 is 4.39 Å². The molecule has 0 aromatic heterocycles. The third-order valence-electron chi connectivity index (χ3n) is 7.13. The van der Waals surface area contributed by atoms with Crippen LogP contribution in [-0.2, 0) is 0 Å². The molecular weight excluding hydrogens is 495 g/mol. The first-order chi connectivity index (χ1) is 18.2. The van der Waals surface area contributed by atoms with Crippen LogP contribution in [0.5, 0.6) is 0 Å². The molecule has 39 heavy (non-hydrogen) atoms. The molecule has 0 aliphatic rings. The van der Waals surface area contributed by atoms with Crippen molar-refractivity contribution in [3.63, 3.8) is 0 Å². The van der Waals surface area contributed by atoms with Crippen LogP contribution in [0.3, 0.4) is 0 Å². The molecule has 2 heteroatoms. The molecular formula is C37H55FS. The fraction of sp³-hybridized carbons (Fsp3) is 0.514. The van der Waals surface area contributed by atoms with Crippen molar-refractivity contribution in [3.8, 4) is 0 Å². The van der Waals surface area contributed by atoms with Gasteiger partial charge in [0.05, 0.1) is 0 Å². The maximum absolute atomic E-state index is 13.5. The van der Waals surface area contributed by atoms with E-state index in [4.69, 9.17) is 0 Å². The van der Waals surface area contributed by atoms with Crippen LogP contribution in [-0.4, -0.2) is 6.26 Å². The van der Waals surface area contributed by atoms with E-state index in [2.05, 4.69) is 118 Å². The molecule has 0 bridgehead atoms. The third-order valence-corrected chi connectivity index (χ3v) is 7.92. The van der Waals surface area contributed by atoms with Gasteiger partial charge in [-0.25, -0.2) is 4.39 Å². The average molecular weight is 551 g/mol. The summed E-state index contributed by atoms with van der Waals surface area (Å²) in [5, 5.41) is 0. The Morgan fingerprint density at radius 1 is 0.436 bits per heavy atom. The first-order valence-corrected chi connectivity index (χ1v) is 16.0. The second-order valence-corrected chi connectivity index (χ2v) is 13.2. The molecule has 216 valence electrons. The Bertz CT molecular complexity index is 1080. The van der Waals surface area contributed by atoms with Crippen molar-refractivity contribution in [2.75, 3.05) is 6.26 Å². The summed E-state index contributed by atoms with van der Waals surface area (Å²) in [5.74, 6) is 3.14. The number of thioether (sulfide) groups is 1. The minimum atomic E-state index is -0.0683. The van der Waals surface area contributed by atoms with Gasteiger partial charge < -0.3 is 0 Å². The zero-order valence-corrected chi connectivity index (χ0v) is 27.8. The number of halogens is 1. The predicted molar refractivity (Wildman–Crippen MR) is 176 cm³/mol. The van der Waals surface area contributed by atoms with Crippen LogP contribution in [0.25, 0.3) is 0 Å². The van der Waals surface area contributed by atoms with Crippen molar-refractivity contribution >= 4 is 11.8 Å². The molecule has 0 saturated heterocycles. The summed E-state index contributed by atoms with van der Waals surface area (Å²) in [6.45, 7) is 26.1. The Labute approximate surface area is 245 Å². The van der Waals surface area contributed by atoms with Crippen LogP contribution in [0.2, 0.25) is 0 Å². The second-order valence-electron chi connectivity index (χ2n) is 12.4. The molecule has 0 aliphatic carbocycles. The Kier molecular flexibility index (Phi) is 15.2. The lowest BCUT2D eigenvalue weighted by molar-refractivity contribution is 0.594. The predicted octanol–water partition coefficient (Wildman–Crippen LogP) is 12.7. The monoisotopic (exact) mass is 550 g/mol. The molecule has 0 aliphatic heterocycles. The van der Waals surface area contributed by atoms with E-state index in [9.17, 15) is 4.39 Å². The normalized spacial score (nSPS) is 11.3. The quantitative estimate of drug-likeness (QED) is 0.264. The van der Waals surface area contributed by atoms with Gasteiger partial charge in [0.15, 0.2) is 0 Å². The zero-order valence-electron chi connectivity index (χ0n) is 27.0. The highest BCUT2D eigenvalue weighted by Gasteiger charge is 2.09. The lowest BCUT2D eigenvalue weighted by atomic mass is 9.97. The Balaban J connectivity index is 0.000000293. The van der Waals surface area contributed by atoms with E-state index in [1.165, 1.54) is 27.1 Å². The highest BCUT2D eigenvalue weighted by molar-refractivity contribution is 7.98. The zero-order chi connectivity index (χ0) is 29.9. The fourth-order valence-electron chi connectivity index (χ4n) is 4.20. The highest BCUT2D eigenvalue weighted by atomic mass is 32.2. The van der Waals surface area contributed by atoms with E-state index >= 15 is 0 Å². The topological polar surface area (TPSA) is 0 Å². The van der Waals surface area contributed by atoms with Gasteiger partial charge in [-0.15, -0.1) is 11.8 Å². The Hall–Kier alpha value is -2.06. The average Bonchev–Trinajstić information content (AvgIpc) is 2.88. The first-order valence-electron chi connectivity index (χ1n) is 14.8. The minimum Gasteiger partial charge on any atom is -0.207 e. The molecule has 0 N–H and O–H groups in total. The van der Waals surface area contributed by atoms with Gasteiger partial charge in [0.2, 0.25) is 0 Å². The molecule has 3 rings (SSSR count). The van der Waals surface area contributed by atoms with Crippen molar-refractivity contribution in [2.45, 2.75) is 123 Å². The van der Waals surface area contributed by atoms with E-state index in [0.717, 1.165) is 11.1 Å². The summed E-state index contributed by atoms with van der Waals surface area (Å²) in [7, 11) is 0. The molecule has 0 unspecified atom stereocenters. The minimum absolute atomic E-state index is 0.0683. The molecule has 0 nitrogen and oxygen atoms in total. The number of rotatable bonds is 7. The Morgan fingerprint density at radius 3 is 1.08 bits per heavy atom. The van der Waals surface area contributed by atoms with Gasteiger partial charge in [0.25, 0.3) is 0 Å². The summed E-state index contributed by atoms with van der Waals surface area (Å²) in [6, 6.07) is 21.4. The van der Waals surface area contributed by atoms with E-state index in [-0.39, 0.29) is 11.7 Å². The maximum Gasteiger partial charge on any atom is 0.126 e. The molecule has 0 amide bonds. The molecule has 0 saturated carbocycles. The summed E-state index contributed by atoms with van der Waals surface area (Å²) in [4.78, 5) is 1.44. The van der Waals surface area contributed by atoms with Crippen molar-refractivity contribution in [2.24, 2.45) is 0 Å². The van der Waals surface area contributed by atoms with Crippen molar-refractivity contribution in [1.29, 1.82) is 0 Å². The van der Waals surface area contributed by atoms with Gasteiger partial charge >= 0.3 is 0 Å². The maximum atomic E-state index is 13.5. The van der Waals surface area contributed by atoms with Gasteiger partial charge in [0.1, 0.15) is 5.82 Å². The summed E-state index contributed by atoms with van der Waals surface area (Å²) >= 11 is 1.86. The largest absolute Gasteiger partial charge is 0.207 e. The SMILES string of the molecule is CC(C)c1ccc(C(C)C)c(F)c1.CC(C)c1ccc(C(C)C)cc1.CSc1cc(C(C)C)ccc1C(C)C. The third kappa shape index (κ3) is 11.5. The van der Waals surface area contributed by atoms with Crippen molar-refractivity contribution in [1.82, 2.24) is 0 Å². The summed E-state index contributed by atoms with van der Waals surface area (Å²) < 4.78 is 13.5. The van der Waals surface area contributed by atoms with E-state index in [1.54, 1.807) is 6.07 Å². The molecule has 0 atom stereocenters. The molecule has 0 spiro atoms. The molecule has 3 aromatic rings. The fourth-order valence-corrected chi connectivity index (χ4v) is 4.99. The van der Waals surface area contributed by atoms with E-state index < -0.39 is 0 Å². The van der Waals surface area contributed by atoms with Gasteiger partial charge in [0, 0.05) is 4.90 Å². The van der Waals surface area contributed by atoms with Crippen LogP contribution >= 0.6 is 11.8 Å². The number of hydrogen-bond acceptors (Lipinski definition) is 1. The summed E-state index contributed by atoms with van der Waals surface area (Å²) in [6.07, 6.45) is 2.16. The molecule has 0 radical (unpaired) electrons. The molecule has 3 aromatic carbocycles. The standard InChI is InChI=1S/C13H20S.C12H17F.C12H18/c1-9(2)11-6-7-12(10(3)4)13(8-11)14-5;1-8(2)10-5-6-11(9(3)4)12(13)7-10;1-9(2)11-5-7-12(8-6-11)10(3)4/h6-10H,1-5H3;5-9H,1-4H3;5-10H,1-4H3. The van der Waals surface area contributed by atoms with Gasteiger partial charge in [-0.1, -0.05) is 132 Å². The second kappa shape index (κ2) is 16.9. The van der Waals surface area contributed by atoms with Gasteiger partial charge in [-0.3, -0.25) is 0 Å². The van der Waals surface area contributed by atoms with Crippen LogP contribution in [0.15, 0.2) is 65.6 Å². The number of benzene rings is 3. The van der Waals surface area contributed by atoms with Crippen LogP contribution in [0, 0.1) is 5.82 Å². The van der Waals surface area contributed by atoms with E-state index in [1.807, 2.05) is 37.7 Å². The van der Waals surface area contributed by atoms with Crippen molar-refractivity contribution in [3.05, 3.63) is 99.9 Å². The lowest BCUT2D eigenvalue weighted by Crippen LogP contribution is -1.96. The van der Waals surface area contributed by atoms with Crippen LogP contribution in [0.4, 0.5) is 4.39 Å². The number of hydrogen-bond donors (Lipinski definition) is 0. The lowest BCUT2D eigenvalue weighted by Gasteiger charge is -2.14. The first kappa shape index (κ1) is 35.0. The molecule has 0 fully saturated rings. The smallest absolute Gasteiger partial charge is 0.126 e. The van der Waals surface area contributed by atoms with Crippen LogP contribution in [0.1, 0.15) is 152 Å². The van der Waals surface area contributed by atoms with Gasteiger partial charge in [-0.2, -0.15) is 0 Å². The van der Waals surface area contributed by atoms with E-state index in [0.29, 0.717) is 29.6 Å². The Morgan fingerprint density at radius 2 is 0.769 bits per heavy atom. The highest BCUT2D eigenvalue weighted by Crippen LogP contribution is 2.30. The van der Waals surface area contributed by atoms with Crippen LogP contribution < -0.4 is 0 Å². The van der Waals surface area contributed by atoms with Gasteiger partial charge in [-0.05, 0) is 87.3 Å².